The number of hydrogen-bond acceptors (Lipinski definition) is 5. The Morgan fingerprint density at radius 1 is 1.00 bits per heavy atom. The van der Waals surface area contributed by atoms with E-state index in [9.17, 15) is 14.4 Å². The molecule has 0 saturated carbocycles. The number of methoxy groups -OCH3 is 1. The summed E-state index contributed by atoms with van der Waals surface area (Å²) < 4.78 is 10.7. The SMILES string of the molecule is CCC(CC)(NC(=O)OCC1c2ccccc2-c2ccccc21)C(=O)NCC(CC(=O)O)OC. The second-order valence-corrected chi connectivity index (χ2v) is 8.41. The van der Waals surface area contributed by atoms with Crippen LogP contribution in [0.25, 0.3) is 11.1 Å². The van der Waals surface area contributed by atoms with Crippen molar-refractivity contribution in [2.45, 2.75) is 50.7 Å². The minimum atomic E-state index is -1.18. The summed E-state index contributed by atoms with van der Waals surface area (Å²) in [5, 5.41) is 14.4. The van der Waals surface area contributed by atoms with Crippen molar-refractivity contribution in [1.82, 2.24) is 10.6 Å². The van der Waals surface area contributed by atoms with Crippen LogP contribution in [0.2, 0.25) is 0 Å². The lowest BCUT2D eigenvalue weighted by Gasteiger charge is -2.31. The van der Waals surface area contributed by atoms with E-state index in [2.05, 4.69) is 22.8 Å². The van der Waals surface area contributed by atoms with E-state index in [1.807, 2.05) is 36.4 Å². The van der Waals surface area contributed by atoms with E-state index in [0.29, 0.717) is 12.8 Å². The molecule has 0 spiro atoms. The number of benzene rings is 2. The van der Waals surface area contributed by atoms with E-state index in [4.69, 9.17) is 14.6 Å². The largest absolute Gasteiger partial charge is 0.481 e. The monoisotopic (exact) mass is 468 g/mol. The molecule has 2 aromatic carbocycles. The zero-order chi connectivity index (χ0) is 24.7. The maximum atomic E-state index is 13.0. The zero-order valence-corrected chi connectivity index (χ0v) is 19.8. The van der Waals surface area contributed by atoms with Gasteiger partial charge in [0.05, 0.1) is 12.5 Å². The Morgan fingerprint density at radius 2 is 1.56 bits per heavy atom. The summed E-state index contributed by atoms with van der Waals surface area (Å²) in [6.45, 7) is 3.78. The van der Waals surface area contributed by atoms with E-state index in [0.717, 1.165) is 22.3 Å². The minimum absolute atomic E-state index is 0.0236. The number of amides is 2. The Hall–Kier alpha value is -3.39. The van der Waals surface area contributed by atoms with Gasteiger partial charge in [-0.2, -0.15) is 0 Å². The highest BCUT2D eigenvalue weighted by atomic mass is 16.5. The molecule has 0 fully saturated rings. The molecule has 3 N–H and O–H groups in total. The van der Waals surface area contributed by atoms with Crippen LogP contribution in [-0.2, 0) is 19.1 Å². The third-order valence-corrected chi connectivity index (χ3v) is 6.55. The van der Waals surface area contributed by atoms with E-state index in [1.54, 1.807) is 13.8 Å². The molecule has 2 aromatic rings. The summed E-state index contributed by atoms with van der Waals surface area (Å²) in [6, 6.07) is 16.1. The summed E-state index contributed by atoms with van der Waals surface area (Å²) in [5.41, 5.74) is 3.31. The van der Waals surface area contributed by atoms with Gasteiger partial charge in [0.15, 0.2) is 0 Å². The van der Waals surface area contributed by atoms with Crippen LogP contribution < -0.4 is 10.6 Å². The summed E-state index contributed by atoms with van der Waals surface area (Å²) in [6.07, 6.45) is -0.884. The normalized spacial score (nSPS) is 13.5. The van der Waals surface area contributed by atoms with Gasteiger partial charge < -0.3 is 25.2 Å². The van der Waals surface area contributed by atoms with Crippen molar-refractivity contribution < 1.29 is 29.0 Å². The number of hydrogen-bond donors (Lipinski definition) is 3. The maximum Gasteiger partial charge on any atom is 0.408 e. The predicted molar refractivity (Wildman–Crippen MR) is 128 cm³/mol. The average molecular weight is 469 g/mol. The van der Waals surface area contributed by atoms with Crippen molar-refractivity contribution in [3.63, 3.8) is 0 Å². The summed E-state index contributed by atoms with van der Waals surface area (Å²) in [7, 11) is 1.39. The van der Waals surface area contributed by atoms with Gasteiger partial charge in [0.25, 0.3) is 0 Å². The van der Waals surface area contributed by atoms with Crippen molar-refractivity contribution in [3.8, 4) is 11.1 Å². The summed E-state index contributed by atoms with van der Waals surface area (Å²) >= 11 is 0. The molecule has 3 rings (SSSR count). The molecule has 0 aliphatic heterocycles. The number of rotatable bonds is 11. The number of alkyl carbamates (subject to hydrolysis) is 1. The summed E-state index contributed by atoms with van der Waals surface area (Å²) in [4.78, 5) is 36.7. The van der Waals surface area contributed by atoms with Crippen LogP contribution in [0.5, 0.6) is 0 Å². The Kier molecular flexibility index (Phi) is 8.28. The van der Waals surface area contributed by atoms with Gasteiger partial charge in [0.2, 0.25) is 5.91 Å². The molecule has 0 radical (unpaired) electrons. The lowest BCUT2D eigenvalue weighted by atomic mass is 9.91. The van der Waals surface area contributed by atoms with E-state index in [-0.39, 0.29) is 25.5 Å². The van der Waals surface area contributed by atoms with Crippen molar-refractivity contribution in [2.24, 2.45) is 0 Å². The fourth-order valence-electron chi connectivity index (χ4n) is 4.44. The average Bonchev–Trinajstić information content (AvgIpc) is 3.17. The topological polar surface area (TPSA) is 114 Å². The molecule has 1 unspecified atom stereocenters. The number of fused-ring (bicyclic) bond motifs is 3. The van der Waals surface area contributed by atoms with Gasteiger partial charge in [0.1, 0.15) is 12.1 Å². The number of ether oxygens (including phenoxy) is 2. The third kappa shape index (κ3) is 5.39. The highest BCUT2D eigenvalue weighted by Gasteiger charge is 2.38. The predicted octanol–water partition coefficient (Wildman–Crippen LogP) is 3.69. The van der Waals surface area contributed by atoms with E-state index >= 15 is 0 Å². The van der Waals surface area contributed by atoms with Gasteiger partial charge in [-0.05, 0) is 35.1 Å². The van der Waals surface area contributed by atoms with Crippen LogP contribution in [0.4, 0.5) is 4.79 Å². The lowest BCUT2D eigenvalue weighted by molar-refractivity contribution is -0.140. The summed E-state index contributed by atoms with van der Waals surface area (Å²) in [5.74, 6) is -1.50. The quantitative estimate of drug-likeness (QED) is 0.464. The molecule has 0 saturated heterocycles. The fraction of sp³-hybridized carbons (Fsp3) is 0.423. The number of nitrogens with one attached hydrogen (secondary N) is 2. The maximum absolute atomic E-state index is 13.0. The molecule has 0 bridgehead atoms. The second kappa shape index (κ2) is 11.2. The number of aliphatic carboxylic acids is 1. The minimum Gasteiger partial charge on any atom is -0.481 e. The van der Waals surface area contributed by atoms with Crippen LogP contribution in [0.15, 0.2) is 48.5 Å². The lowest BCUT2D eigenvalue weighted by Crippen LogP contribution is -2.59. The number of carbonyl (C=O) groups excluding carboxylic acids is 2. The molecule has 8 nitrogen and oxygen atoms in total. The second-order valence-electron chi connectivity index (χ2n) is 8.41. The first-order valence-corrected chi connectivity index (χ1v) is 11.5. The Morgan fingerprint density at radius 3 is 2.06 bits per heavy atom. The molecule has 8 heteroatoms. The number of carboxylic acid groups (broad SMARTS) is 1. The van der Waals surface area contributed by atoms with Crippen molar-refractivity contribution in [2.75, 3.05) is 20.3 Å². The van der Waals surface area contributed by atoms with Gasteiger partial charge in [0, 0.05) is 19.6 Å². The first-order valence-electron chi connectivity index (χ1n) is 11.5. The van der Waals surface area contributed by atoms with Gasteiger partial charge >= 0.3 is 12.1 Å². The fourth-order valence-corrected chi connectivity index (χ4v) is 4.44. The van der Waals surface area contributed by atoms with Crippen molar-refractivity contribution in [3.05, 3.63) is 59.7 Å². The first-order chi connectivity index (χ1) is 16.3. The first kappa shape index (κ1) is 25.2. The standard InChI is InChI=1S/C26H32N2O6/c1-4-26(5-2,24(31)27-15-17(33-3)14-23(29)30)28-25(32)34-16-22-20-12-8-6-10-18(20)19-11-7-9-13-21(19)22/h6-13,17,22H,4-5,14-16H2,1-3H3,(H,27,31)(H,28,32)(H,29,30). The molecular weight excluding hydrogens is 436 g/mol. The number of carboxylic acids is 1. The molecule has 34 heavy (non-hydrogen) atoms. The van der Waals surface area contributed by atoms with E-state index in [1.165, 1.54) is 7.11 Å². The Labute approximate surface area is 199 Å². The smallest absolute Gasteiger partial charge is 0.408 e. The van der Waals surface area contributed by atoms with Gasteiger partial charge in [-0.15, -0.1) is 0 Å². The van der Waals surface area contributed by atoms with Gasteiger partial charge in [-0.3, -0.25) is 9.59 Å². The molecule has 2 amide bonds. The molecular formula is C26H32N2O6. The molecule has 1 atom stereocenters. The zero-order valence-electron chi connectivity index (χ0n) is 19.8. The highest BCUT2D eigenvalue weighted by Crippen LogP contribution is 2.44. The third-order valence-electron chi connectivity index (χ3n) is 6.55. The van der Waals surface area contributed by atoms with Crippen LogP contribution in [0, 0.1) is 0 Å². The van der Waals surface area contributed by atoms with Crippen LogP contribution >= 0.6 is 0 Å². The Balaban J connectivity index is 1.65. The Bertz CT molecular complexity index is 988. The van der Waals surface area contributed by atoms with Crippen molar-refractivity contribution in [1.29, 1.82) is 0 Å². The molecule has 0 heterocycles. The number of carbonyl (C=O) groups is 3. The van der Waals surface area contributed by atoms with Crippen LogP contribution in [-0.4, -0.2) is 55.0 Å². The highest BCUT2D eigenvalue weighted by molar-refractivity contribution is 5.90. The molecule has 0 aromatic heterocycles. The van der Waals surface area contributed by atoms with Crippen LogP contribution in [0.3, 0.4) is 0 Å². The van der Waals surface area contributed by atoms with Gasteiger partial charge in [-0.25, -0.2) is 4.79 Å². The van der Waals surface area contributed by atoms with Gasteiger partial charge in [-0.1, -0.05) is 62.4 Å². The molecule has 1 aliphatic carbocycles. The van der Waals surface area contributed by atoms with E-state index < -0.39 is 29.6 Å². The van der Waals surface area contributed by atoms with Crippen LogP contribution in [0.1, 0.15) is 50.2 Å². The molecule has 1 aliphatic rings. The molecule has 182 valence electrons. The van der Waals surface area contributed by atoms with Crippen molar-refractivity contribution >= 4 is 18.0 Å².